The van der Waals surface area contributed by atoms with Gasteiger partial charge in [0.25, 0.3) is 12.2 Å². The summed E-state index contributed by atoms with van der Waals surface area (Å²) in [5.41, 5.74) is 0.222. The number of benzene rings is 1. The standard InChI is InChI=1S/C12H10F3NO5/c1-6(17)19-11-9(18)16-10(20-11)7-3-2-4-8(5-7)21-12(13,14)15/h2-5,10-11H,1H3,(H,16,18). The molecule has 1 aliphatic heterocycles. The fourth-order valence-corrected chi connectivity index (χ4v) is 1.69. The minimum atomic E-state index is -4.82. The summed E-state index contributed by atoms with van der Waals surface area (Å²) >= 11 is 0. The first-order chi connectivity index (χ1) is 9.74. The van der Waals surface area contributed by atoms with Crippen molar-refractivity contribution in [3.63, 3.8) is 0 Å². The average molecular weight is 305 g/mol. The second-order valence-corrected chi connectivity index (χ2v) is 4.09. The van der Waals surface area contributed by atoms with E-state index in [1.807, 2.05) is 0 Å². The molecular weight excluding hydrogens is 295 g/mol. The third kappa shape index (κ3) is 4.09. The van der Waals surface area contributed by atoms with Gasteiger partial charge in [-0.2, -0.15) is 0 Å². The van der Waals surface area contributed by atoms with E-state index in [2.05, 4.69) is 14.8 Å². The molecule has 6 nitrogen and oxygen atoms in total. The SMILES string of the molecule is CC(=O)OC1OC(c2cccc(OC(F)(F)F)c2)NC1=O. The molecule has 9 heteroatoms. The van der Waals surface area contributed by atoms with Crippen molar-refractivity contribution in [3.8, 4) is 5.75 Å². The maximum atomic E-state index is 12.1. The first kappa shape index (κ1) is 15.1. The number of carbonyl (C=O) groups is 2. The molecule has 1 aromatic rings. The fourth-order valence-electron chi connectivity index (χ4n) is 1.69. The summed E-state index contributed by atoms with van der Waals surface area (Å²) < 4.78 is 49.9. The van der Waals surface area contributed by atoms with E-state index < -0.39 is 36.5 Å². The fraction of sp³-hybridized carbons (Fsp3) is 0.333. The molecule has 1 aliphatic rings. The second-order valence-electron chi connectivity index (χ2n) is 4.09. The Balaban J connectivity index is 2.11. The normalized spacial score (nSPS) is 21.8. The van der Waals surface area contributed by atoms with Gasteiger partial charge in [0, 0.05) is 12.5 Å². The van der Waals surface area contributed by atoms with E-state index in [1.54, 1.807) is 0 Å². The summed E-state index contributed by atoms with van der Waals surface area (Å²) in [6, 6.07) is 4.92. The summed E-state index contributed by atoms with van der Waals surface area (Å²) in [4.78, 5) is 22.3. The number of rotatable bonds is 3. The highest BCUT2D eigenvalue weighted by Crippen LogP contribution is 2.28. The van der Waals surface area contributed by atoms with Crippen molar-refractivity contribution in [2.24, 2.45) is 0 Å². The van der Waals surface area contributed by atoms with Gasteiger partial charge in [-0.1, -0.05) is 12.1 Å². The van der Waals surface area contributed by atoms with Crippen LogP contribution in [0.4, 0.5) is 13.2 Å². The molecule has 0 spiro atoms. The smallest absolute Gasteiger partial charge is 0.426 e. The highest BCUT2D eigenvalue weighted by atomic mass is 19.4. The van der Waals surface area contributed by atoms with Crippen LogP contribution < -0.4 is 10.1 Å². The molecule has 2 rings (SSSR count). The van der Waals surface area contributed by atoms with E-state index in [0.29, 0.717) is 0 Å². The highest BCUT2D eigenvalue weighted by Gasteiger charge is 2.37. The lowest BCUT2D eigenvalue weighted by molar-refractivity contribution is -0.274. The molecule has 1 saturated heterocycles. The van der Waals surface area contributed by atoms with Gasteiger partial charge in [-0.3, -0.25) is 9.59 Å². The van der Waals surface area contributed by atoms with E-state index in [1.165, 1.54) is 12.1 Å². The molecule has 1 N–H and O–H groups in total. The van der Waals surface area contributed by atoms with Crippen molar-refractivity contribution in [2.45, 2.75) is 25.8 Å². The highest BCUT2D eigenvalue weighted by molar-refractivity contribution is 5.83. The molecular formula is C12H10F3NO5. The average Bonchev–Trinajstić information content (AvgIpc) is 2.68. The quantitative estimate of drug-likeness (QED) is 0.859. The van der Waals surface area contributed by atoms with Crippen LogP contribution in [0.5, 0.6) is 5.75 Å². The van der Waals surface area contributed by atoms with Crippen molar-refractivity contribution < 1.29 is 37.0 Å². The van der Waals surface area contributed by atoms with E-state index in [9.17, 15) is 22.8 Å². The third-order valence-electron chi connectivity index (χ3n) is 2.41. The molecule has 114 valence electrons. The molecule has 1 fully saturated rings. The Morgan fingerprint density at radius 2 is 2.10 bits per heavy atom. The number of amides is 1. The molecule has 1 heterocycles. The summed E-state index contributed by atoms with van der Waals surface area (Å²) in [6.07, 6.45) is -7.28. The Bertz CT molecular complexity index is 560. The van der Waals surface area contributed by atoms with Gasteiger partial charge in [0.05, 0.1) is 0 Å². The van der Waals surface area contributed by atoms with Gasteiger partial charge >= 0.3 is 12.3 Å². The third-order valence-corrected chi connectivity index (χ3v) is 2.41. The van der Waals surface area contributed by atoms with Gasteiger partial charge in [0.2, 0.25) is 0 Å². The van der Waals surface area contributed by atoms with Gasteiger partial charge in [0.15, 0.2) is 6.23 Å². The number of esters is 1. The van der Waals surface area contributed by atoms with Crippen LogP contribution in [0.2, 0.25) is 0 Å². The van der Waals surface area contributed by atoms with Gasteiger partial charge in [-0.05, 0) is 12.1 Å². The number of hydrogen-bond donors (Lipinski definition) is 1. The minimum Gasteiger partial charge on any atom is -0.426 e. The zero-order valence-electron chi connectivity index (χ0n) is 10.6. The molecule has 1 aromatic carbocycles. The van der Waals surface area contributed by atoms with Crippen LogP contribution in [0.15, 0.2) is 24.3 Å². The van der Waals surface area contributed by atoms with Crippen molar-refractivity contribution in [2.75, 3.05) is 0 Å². The van der Waals surface area contributed by atoms with Crippen LogP contribution >= 0.6 is 0 Å². The maximum absolute atomic E-state index is 12.1. The Morgan fingerprint density at radius 3 is 2.71 bits per heavy atom. The molecule has 0 bridgehead atoms. The zero-order valence-corrected chi connectivity index (χ0v) is 10.6. The first-order valence-corrected chi connectivity index (χ1v) is 5.73. The van der Waals surface area contributed by atoms with Crippen molar-refractivity contribution >= 4 is 11.9 Å². The number of carbonyl (C=O) groups excluding carboxylic acids is 2. The number of ether oxygens (including phenoxy) is 3. The molecule has 0 radical (unpaired) electrons. The molecule has 0 saturated carbocycles. The predicted molar refractivity (Wildman–Crippen MR) is 60.6 cm³/mol. The Hall–Kier alpha value is -2.29. The number of halogens is 3. The number of nitrogens with one attached hydrogen (secondary N) is 1. The van der Waals surface area contributed by atoms with E-state index in [0.717, 1.165) is 19.1 Å². The van der Waals surface area contributed by atoms with Crippen LogP contribution in [0.1, 0.15) is 18.7 Å². The van der Waals surface area contributed by atoms with E-state index >= 15 is 0 Å². The lowest BCUT2D eigenvalue weighted by atomic mass is 10.2. The van der Waals surface area contributed by atoms with E-state index in [4.69, 9.17) is 4.74 Å². The molecule has 21 heavy (non-hydrogen) atoms. The van der Waals surface area contributed by atoms with Crippen LogP contribution in [0, 0.1) is 0 Å². The molecule has 1 amide bonds. The Morgan fingerprint density at radius 1 is 1.38 bits per heavy atom. The van der Waals surface area contributed by atoms with Crippen molar-refractivity contribution in [1.29, 1.82) is 0 Å². The Kier molecular flexibility index (Phi) is 4.03. The van der Waals surface area contributed by atoms with Gasteiger partial charge < -0.3 is 19.5 Å². The van der Waals surface area contributed by atoms with Crippen LogP contribution in [-0.4, -0.2) is 24.5 Å². The van der Waals surface area contributed by atoms with Gasteiger partial charge in [0.1, 0.15) is 5.75 Å². The van der Waals surface area contributed by atoms with Crippen molar-refractivity contribution in [1.82, 2.24) is 5.32 Å². The maximum Gasteiger partial charge on any atom is 0.573 e. The molecule has 0 aromatic heterocycles. The Labute approximate surface area is 116 Å². The van der Waals surface area contributed by atoms with Gasteiger partial charge in [-0.25, -0.2) is 0 Å². The molecule has 2 unspecified atom stereocenters. The number of alkyl halides is 3. The van der Waals surface area contributed by atoms with E-state index in [-0.39, 0.29) is 5.56 Å². The molecule has 2 atom stereocenters. The topological polar surface area (TPSA) is 73.9 Å². The van der Waals surface area contributed by atoms with Crippen LogP contribution in [0.3, 0.4) is 0 Å². The largest absolute Gasteiger partial charge is 0.573 e. The summed E-state index contributed by atoms with van der Waals surface area (Å²) in [7, 11) is 0. The lowest BCUT2D eigenvalue weighted by Gasteiger charge is -2.13. The van der Waals surface area contributed by atoms with Crippen LogP contribution in [-0.2, 0) is 19.1 Å². The summed E-state index contributed by atoms with van der Waals surface area (Å²) in [6.45, 7) is 1.10. The predicted octanol–water partition coefficient (Wildman–Crippen LogP) is 1.62. The monoisotopic (exact) mass is 305 g/mol. The van der Waals surface area contributed by atoms with Gasteiger partial charge in [-0.15, -0.1) is 13.2 Å². The molecule has 0 aliphatic carbocycles. The van der Waals surface area contributed by atoms with Crippen LogP contribution in [0.25, 0.3) is 0 Å². The zero-order chi connectivity index (χ0) is 15.6. The lowest BCUT2D eigenvalue weighted by Crippen LogP contribution is -2.27. The summed E-state index contributed by atoms with van der Waals surface area (Å²) in [5.74, 6) is -1.86. The first-order valence-electron chi connectivity index (χ1n) is 5.73. The summed E-state index contributed by atoms with van der Waals surface area (Å²) in [5, 5.41) is 2.34. The second kappa shape index (κ2) is 5.60. The van der Waals surface area contributed by atoms with Crippen molar-refractivity contribution in [3.05, 3.63) is 29.8 Å². The number of hydrogen-bond acceptors (Lipinski definition) is 5. The minimum absolute atomic E-state index is 0.222.